The number of guanidine groups is 1. The van der Waals surface area contributed by atoms with Crippen molar-refractivity contribution in [3.63, 3.8) is 0 Å². The first-order valence-corrected chi connectivity index (χ1v) is 7.82. The summed E-state index contributed by atoms with van der Waals surface area (Å²) in [6.07, 6.45) is 1.21. The number of nitrogens with one attached hydrogen (secondary N) is 2. The Hall–Kier alpha value is -0.0400. The van der Waals surface area contributed by atoms with Crippen LogP contribution in [-0.2, 0) is 0 Å². The molecule has 5 heteroatoms. The van der Waals surface area contributed by atoms with Gasteiger partial charge in [-0.25, -0.2) is 0 Å². The van der Waals surface area contributed by atoms with Crippen LogP contribution in [0.5, 0.6) is 0 Å². The quantitative estimate of drug-likeness (QED) is 0.357. The zero-order chi connectivity index (χ0) is 14.7. The molecule has 0 amide bonds. The van der Waals surface area contributed by atoms with Gasteiger partial charge in [-0.1, -0.05) is 27.7 Å². The van der Waals surface area contributed by atoms with Gasteiger partial charge in [-0.3, -0.25) is 4.99 Å². The topological polar surface area (TPSA) is 39.7 Å². The largest absolute Gasteiger partial charge is 0.357 e. The first-order chi connectivity index (χ1) is 9.04. The summed E-state index contributed by atoms with van der Waals surface area (Å²) in [7, 11) is 0. The summed E-state index contributed by atoms with van der Waals surface area (Å²) < 4.78 is 0. The zero-order valence-corrected chi connectivity index (χ0v) is 16.5. The Labute approximate surface area is 143 Å². The Morgan fingerprint density at radius 3 is 2.20 bits per heavy atom. The Balaban J connectivity index is 0. The van der Waals surface area contributed by atoms with E-state index in [4.69, 9.17) is 0 Å². The van der Waals surface area contributed by atoms with Crippen LogP contribution in [0.2, 0.25) is 0 Å². The monoisotopic (exact) mass is 398 g/mol. The van der Waals surface area contributed by atoms with E-state index in [1.54, 1.807) is 0 Å². The van der Waals surface area contributed by atoms with E-state index in [-0.39, 0.29) is 24.0 Å². The SMILES string of the molecule is CCCN(CC)CCN=C(NCC)NC(C)C(C)C.I. The minimum Gasteiger partial charge on any atom is -0.357 e. The third kappa shape index (κ3) is 10.7. The molecule has 1 atom stereocenters. The van der Waals surface area contributed by atoms with Crippen molar-refractivity contribution >= 4 is 29.9 Å². The predicted molar refractivity (Wildman–Crippen MR) is 101 cm³/mol. The van der Waals surface area contributed by atoms with E-state index in [2.05, 4.69) is 62.1 Å². The number of hydrogen-bond donors (Lipinski definition) is 2. The molecule has 0 radical (unpaired) electrons. The van der Waals surface area contributed by atoms with Crippen LogP contribution in [0.3, 0.4) is 0 Å². The second-order valence-electron chi connectivity index (χ2n) is 5.37. The number of halogens is 1. The second-order valence-corrected chi connectivity index (χ2v) is 5.37. The molecule has 0 spiro atoms. The van der Waals surface area contributed by atoms with Crippen LogP contribution in [0.4, 0.5) is 0 Å². The van der Waals surface area contributed by atoms with Gasteiger partial charge in [-0.15, -0.1) is 24.0 Å². The summed E-state index contributed by atoms with van der Waals surface area (Å²) in [5, 5.41) is 6.77. The van der Waals surface area contributed by atoms with Gasteiger partial charge in [-0.2, -0.15) is 0 Å². The lowest BCUT2D eigenvalue weighted by Crippen LogP contribution is -2.44. The average Bonchev–Trinajstić information content (AvgIpc) is 2.37. The minimum atomic E-state index is 0. The van der Waals surface area contributed by atoms with Gasteiger partial charge in [0, 0.05) is 19.1 Å². The van der Waals surface area contributed by atoms with Crippen LogP contribution < -0.4 is 10.6 Å². The van der Waals surface area contributed by atoms with Gasteiger partial charge in [0.05, 0.1) is 6.54 Å². The maximum atomic E-state index is 4.66. The minimum absolute atomic E-state index is 0. The molecular weight excluding hydrogens is 363 g/mol. The summed E-state index contributed by atoms with van der Waals surface area (Å²) in [6.45, 7) is 18.3. The normalized spacial score (nSPS) is 13.3. The van der Waals surface area contributed by atoms with E-state index in [0.717, 1.165) is 32.1 Å². The van der Waals surface area contributed by atoms with Crippen LogP contribution in [0.15, 0.2) is 4.99 Å². The van der Waals surface area contributed by atoms with E-state index >= 15 is 0 Å². The van der Waals surface area contributed by atoms with Crippen molar-refractivity contribution in [2.75, 3.05) is 32.7 Å². The average molecular weight is 398 g/mol. The number of aliphatic imine (C=N–C) groups is 1. The molecule has 4 nitrogen and oxygen atoms in total. The van der Waals surface area contributed by atoms with Crippen molar-refractivity contribution < 1.29 is 0 Å². The molecule has 122 valence electrons. The molecule has 2 N–H and O–H groups in total. The molecule has 0 aliphatic carbocycles. The van der Waals surface area contributed by atoms with Gasteiger partial charge >= 0.3 is 0 Å². The number of hydrogen-bond acceptors (Lipinski definition) is 2. The summed E-state index contributed by atoms with van der Waals surface area (Å²) in [6, 6.07) is 0.440. The third-order valence-corrected chi connectivity index (χ3v) is 3.38. The van der Waals surface area contributed by atoms with Crippen molar-refractivity contribution in [3.05, 3.63) is 0 Å². The summed E-state index contributed by atoms with van der Waals surface area (Å²) >= 11 is 0. The maximum Gasteiger partial charge on any atom is 0.191 e. The highest BCUT2D eigenvalue weighted by Crippen LogP contribution is 1.99. The Bertz CT molecular complexity index is 244. The number of likely N-dealkylation sites (N-methyl/N-ethyl adjacent to an activating group) is 1. The predicted octanol–water partition coefficient (Wildman–Crippen LogP) is 2.94. The molecule has 0 bridgehead atoms. The van der Waals surface area contributed by atoms with Gasteiger partial charge in [0.25, 0.3) is 0 Å². The van der Waals surface area contributed by atoms with Crippen molar-refractivity contribution in [2.24, 2.45) is 10.9 Å². The fourth-order valence-electron chi connectivity index (χ4n) is 1.75. The fraction of sp³-hybridized carbons (Fsp3) is 0.933. The van der Waals surface area contributed by atoms with Crippen LogP contribution in [0.25, 0.3) is 0 Å². The Morgan fingerprint density at radius 2 is 1.75 bits per heavy atom. The summed E-state index contributed by atoms with van der Waals surface area (Å²) in [4.78, 5) is 7.10. The molecule has 0 fully saturated rings. The molecule has 0 rings (SSSR count). The van der Waals surface area contributed by atoms with Crippen LogP contribution in [0, 0.1) is 5.92 Å². The van der Waals surface area contributed by atoms with E-state index in [9.17, 15) is 0 Å². The van der Waals surface area contributed by atoms with Gasteiger partial charge in [0.1, 0.15) is 0 Å². The van der Waals surface area contributed by atoms with Crippen molar-refractivity contribution in [2.45, 2.75) is 54.0 Å². The standard InChI is InChI=1S/C15H34N4.HI/c1-7-11-19(9-3)12-10-17-15(16-8-2)18-14(6)13(4)5;/h13-14H,7-12H2,1-6H3,(H2,16,17,18);1H. The first-order valence-electron chi connectivity index (χ1n) is 7.82. The zero-order valence-electron chi connectivity index (χ0n) is 14.2. The molecule has 1 unspecified atom stereocenters. The van der Waals surface area contributed by atoms with E-state index < -0.39 is 0 Å². The Kier molecular flexibility index (Phi) is 15.5. The van der Waals surface area contributed by atoms with Gasteiger partial charge in [0.15, 0.2) is 5.96 Å². The third-order valence-electron chi connectivity index (χ3n) is 3.38. The highest BCUT2D eigenvalue weighted by molar-refractivity contribution is 14.0. The van der Waals surface area contributed by atoms with E-state index in [0.29, 0.717) is 12.0 Å². The molecule has 0 aliphatic rings. The number of nitrogens with zero attached hydrogens (tertiary/aromatic N) is 2. The molecular formula is C15H35IN4. The maximum absolute atomic E-state index is 4.66. The van der Waals surface area contributed by atoms with Gasteiger partial charge in [0.2, 0.25) is 0 Å². The van der Waals surface area contributed by atoms with Crippen LogP contribution in [0.1, 0.15) is 48.0 Å². The van der Waals surface area contributed by atoms with E-state index in [1.807, 2.05) is 0 Å². The fourth-order valence-corrected chi connectivity index (χ4v) is 1.75. The molecule has 0 aliphatic heterocycles. The lowest BCUT2D eigenvalue weighted by molar-refractivity contribution is 0.297. The Morgan fingerprint density at radius 1 is 1.10 bits per heavy atom. The molecule has 0 saturated heterocycles. The summed E-state index contributed by atoms with van der Waals surface area (Å²) in [5.74, 6) is 1.55. The van der Waals surface area contributed by atoms with Crippen molar-refractivity contribution in [1.82, 2.24) is 15.5 Å². The highest BCUT2D eigenvalue weighted by atomic mass is 127. The second kappa shape index (κ2) is 13.9. The lowest BCUT2D eigenvalue weighted by Gasteiger charge is -2.22. The van der Waals surface area contributed by atoms with Gasteiger partial charge in [-0.05, 0) is 39.3 Å². The van der Waals surface area contributed by atoms with Gasteiger partial charge < -0.3 is 15.5 Å². The number of rotatable bonds is 9. The molecule has 0 saturated carbocycles. The first kappa shape index (κ1) is 22.2. The molecule has 0 aromatic rings. The lowest BCUT2D eigenvalue weighted by atomic mass is 10.1. The van der Waals surface area contributed by atoms with Crippen molar-refractivity contribution in [1.29, 1.82) is 0 Å². The van der Waals surface area contributed by atoms with Crippen molar-refractivity contribution in [3.8, 4) is 0 Å². The molecule has 0 aromatic carbocycles. The summed E-state index contributed by atoms with van der Waals surface area (Å²) in [5.41, 5.74) is 0. The van der Waals surface area contributed by atoms with E-state index in [1.165, 1.54) is 13.0 Å². The smallest absolute Gasteiger partial charge is 0.191 e. The molecule has 0 heterocycles. The molecule has 0 aromatic heterocycles. The molecule has 20 heavy (non-hydrogen) atoms. The van der Waals surface area contributed by atoms with Crippen LogP contribution in [-0.4, -0.2) is 49.6 Å². The van der Waals surface area contributed by atoms with Crippen LogP contribution >= 0.6 is 24.0 Å². The highest BCUT2D eigenvalue weighted by Gasteiger charge is 2.08.